The van der Waals surface area contributed by atoms with Crippen LogP contribution >= 0.6 is 12.6 Å². The number of nitrogens with zero attached hydrogens (tertiary/aromatic N) is 1. The molecule has 0 bridgehead atoms. The summed E-state index contributed by atoms with van der Waals surface area (Å²) in [6, 6.07) is 3.81. The first-order chi connectivity index (χ1) is 8.20. The number of rotatable bonds is 4. The van der Waals surface area contributed by atoms with Gasteiger partial charge in [0.15, 0.2) is 0 Å². The van der Waals surface area contributed by atoms with Crippen molar-refractivity contribution in [1.29, 1.82) is 0 Å². The lowest BCUT2D eigenvalue weighted by molar-refractivity contribution is 0.0803. The first-order valence-electron chi connectivity index (χ1n) is 5.12. The van der Waals surface area contributed by atoms with Crippen LogP contribution in [0.4, 0.5) is 4.39 Å². The van der Waals surface area contributed by atoms with Crippen LogP contribution in [-0.2, 0) is 9.84 Å². The molecule has 0 heterocycles. The van der Waals surface area contributed by atoms with Crippen LogP contribution in [0.1, 0.15) is 10.4 Å². The van der Waals surface area contributed by atoms with Crippen molar-refractivity contribution < 1.29 is 17.6 Å². The fraction of sp³-hybridized carbons (Fsp3) is 0.364. The van der Waals surface area contributed by atoms with Crippen LogP contribution in [0.15, 0.2) is 23.1 Å². The molecule has 0 saturated heterocycles. The van der Waals surface area contributed by atoms with Crippen LogP contribution in [0, 0.1) is 5.82 Å². The second-order valence-electron chi connectivity index (χ2n) is 4.02. The second-order valence-corrected chi connectivity index (χ2v) is 6.76. The molecule has 18 heavy (non-hydrogen) atoms. The minimum atomic E-state index is -3.12. The molecule has 0 unspecified atom stereocenters. The number of thiol groups is 1. The zero-order chi connectivity index (χ0) is 13.9. The number of hydrogen-bond acceptors (Lipinski definition) is 4. The quantitative estimate of drug-likeness (QED) is 0.849. The van der Waals surface area contributed by atoms with E-state index in [1.807, 2.05) is 0 Å². The number of sulfone groups is 1. The van der Waals surface area contributed by atoms with Gasteiger partial charge in [0.05, 0.1) is 5.75 Å². The van der Waals surface area contributed by atoms with E-state index in [1.54, 1.807) is 0 Å². The number of hydrogen-bond donors (Lipinski definition) is 1. The van der Waals surface area contributed by atoms with E-state index in [2.05, 4.69) is 12.6 Å². The van der Waals surface area contributed by atoms with Crippen molar-refractivity contribution >= 4 is 28.4 Å². The van der Waals surface area contributed by atoms with E-state index < -0.39 is 15.7 Å². The number of benzene rings is 1. The molecule has 0 spiro atoms. The van der Waals surface area contributed by atoms with E-state index in [0.717, 1.165) is 12.3 Å². The third kappa shape index (κ3) is 4.30. The van der Waals surface area contributed by atoms with Crippen LogP contribution in [0.2, 0.25) is 0 Å². The highest BCUT2D eigenvalue weighted by Crippen LogP contribution is 2.15. The van der Waals surface area contributed by atoms with Crippen molar-refractivity contribution in [3.8, 4) is 0 Å². The normalized spacial score (nSPS) is 11.3. The summed E-state index contributed by atoms with van der Waals surface area (Å²) in [5.74, 6) is -0.980. The zero-order valence-electron chi connectivity index (χ0n) is 10.1. The summed E-state index contributed by atoms with van der Waals surface area (Å²) in [7, 11) is -1.62. The summed E-state index contributed by atoms with van der Waals surface area (Å²) in [5, 5.41) is 0. The Hall–Kier alpha value is -1.08. The largest absolute Gasteiger partial charge is 0.341 e. The molecule has 0 fully saturated rings. The monoisotopic (exact) mass is 291 g/mol. The fourth-order valence-corrected chi connectivity index (χ4v) is 2.09. The Morgan fingerprint density at radius 2 is 2.06 bits per heavy atom. The summed E-state index contributed by atoms with van der Waals surface area (Å²) in [5.41, 5.74) is 0.275. The van der Waals surface area contributed by atoms with Gasteiger partial charge in [-0.15, -0.1) is 12.6 Å². The minimum Gasteiger partial charge on any atom is -0.341 e. The van der Waals surface area contributed by atoms with Crippen molar-refractivity contribution in [2.75, 3.05) is 25.6 Å². The molecular weight excluding hydrogens is 277 g/mol. The Morgan fingerprint density at radius 3 is 2.56 bits per heavy atom. The molecule has 0 radical (unpaired) electrons. The lowest BCUT2D eigenvalue weighted by Gasteiger charge is -2.16. The van der Waals surface area contributed by atoms with Gasteiger partial charge in [-0.25, -0.2) is 12.8 Å². The van der Waals surface area contributed by atoms with Gasteiger partial charge in [-0.05, 0) is 18.2 Å². The van der Waals surface area contributed by atoms with E-state index in [4.69, 9.17) is 0 Å². The Morgan fingerprint density at radius 1 is 1.44 bits per heavy atom. The first-order valence-corrected chi connectivity index (χ1v) is 7.63. The molecule has 0 aliphatic carbocycles. The van der Waals surface area contributed by atoms with Crippen LogP contribution in [-0.4, -0.2) is 44.8 Å². The maximum atomic E-state index is 13.0. The van der Waals surface area contributed by atoms with Crippen molar-refractivity contribution in [2.45, 2.75) is 4.90 Å². The molecular formula is C11H14FNO3S2. The zero-order valence-corrected chi connectivity index (χ0v) is 11.8. The molecule has 0 aliphatic heterocycles. The van der Waals surface area contributed by atoms with Crippen LogP contribution < -0.4 is 0 Å². The Bertz CT molecular complexity index is 557. The first kappa shape index (κ1) is 15.0. The number of amides is 1. The second kappa shape index (κ2) is 5.71. The standard InChI is InChI=1S/C11H14FNO3S2/c1-13(5-6-18(2,15)16)11(14)8-3-4-9(12)10(17)7-8/h3-4,7,17H,5-6H2,1-2H3. The SMILES string of the molecule is CN(CCS(C)(=O)=O)C(=O)c1ccc(F)c(S)c1. The molecule has 0 saturated carbocycles. The summed E-state index contributed by atoms with van der Waals surface area (Å²) in [6.07, 6.45) is 1.11. The molecule has 1 amide bonds. The Kier molecular flexibility index (Phi) is 4.75. The predicted molar refractivity (Wildman–Crippen MR) is 70.3 cm³/mol. The lowest BCUT2D eigenvalue weighted by atomic mass is 10.2. The van der Waals surface area contributed by atoms with Gasteiger partial charge in [-0.2, -0.15) is 0 Å². The molecule has 0 atom stereocenters. The van der Waals surface area contributed by atoms with Gasteiger partial charge in [0.2, 0.25) is 0 Å². The predicted octanol–water partition coefficient (Wildman–Crippen LogP) is 1.23. The summed E-state index contributed by atoms with van der Waals surface area (Å²) in [6.45, 7) is 0.0942. The molecule has 0 N–H and O–H groups in total. The van der Waals surface area contributed by atoms with E-state index in [-0.39, 0.29) is 28.7 Å². The highest BCUT2D eigenvalue weighted by molar-refractivity contribution is 7.90. The van der Waals surface area contributed by atoms with Gasteiger partial charge >= 0.3 is 0 Å². The average molecular weight is 291 g/mol. The van der Waals surface area contributed by atoms with Gasteiger partial charge in [-0.3, -0.25) is 4.79 Å². The summed E-state index contributed by atoms with van der Waals surface area (Å²) >= 11 is 3.89. The lowest BCUT2D eigenvalue weighted by Crippen LogP contribution is -2.31. The van der Waals surface area contributed by atoms with E-state index in [9.17, 15) is 17.6 Å². The molecule has 0 aliphatic rings. The van der Waals surface area contributed by atoms with Gasteiger partial charge in [-0.1, -0.05) is 0 Å². The van der Waals surface area contributed by atoms with Crippen LogP contribution in [0.25, 0.3) is 0 Å². The molecule has 100 valence electrons. The number of carbonyl (C=O) groups is 1. The molecule has 1 rings (SSSR count). The van der Waals surface area contributed by atoms with Crippen molar-refractivity contribution in [3.05, 3.63) is 29.6 Å². The molecule has 0 aromatic heterocycles. The van der Waals surface area contributed by atoms with Crippen molar-refractivity contribution in [3.63, 3.8) is 0 Å². The third-order valence-electron chi connectivity index (χ3n) is 2.34. The van der Waals surface area contributed by atoms with Crippen LogP contribution in [0.5, 0.6) is 0 Å². The topological polar surface area (TPSA) is 54.5 Å². The van der Waals surface area contributed by atoms with Crippen LogP contribution in [0.3, 0.4) is 0 Å². The minimum absolute atomic E-state index is 0.0809. The maximum absolute atomic E-state index is 13.0. The van der Waals surface area contributed by atoms with Crippen molar-refractivity contribution in [2.24, 2.45) is 0 Å². The fourth-order valence-electron chi connectivity index (χ4n) is 1.27. The average Bonchev–Trinajstić information content (AvgIpc) is 2.27. The van der Waals surface area contributed by atoms with Gasteiger partial charge in [0.1, 0.15) is 15.7 Å². The molecule has 1 aromatic rings. The van der Waals surface area contributed by atoms with Gasteiger partial charge in [0, 0.05) is 30.3 Å². The third-order valence-corrected chi connectivity index (χ3v) is 3.60. The molecule has 4 nitrogen and oxygen atoms in total. The Labute approximate surface area is 111 Å². The smallest absolute Gasteiger partial charge is 0.253 e. The summed E-state index contributed by atoms with van der Waals surface area (Å²) < 4.78 is 35.0. The molecule has 7 heteroatoms. The summed E-state index contributed by atoms with van der Waals surface area (Å²) in [4.78, 5) is 13.3. The number of carbonyl (C=O) groups excluding carboxylic acids is 1. The highest BCUT2D eigenvalue weighted by atomic mass is 32.2. The maximum Gasteiger partial charge on any atom is 0.253 e. The van der Waals surface area contributed by atoms with Gasteiger partial charge in [0.25, 0.3) is 5.91 Å². The number of halogens is 1. The Balaban J connectivity index is 2.77. The van der Waals surface area contributed by atoms with Gasteiger partial charge < -0.3 is 4.90 Å². The molecule has 1 aromatic carbocycles. The highest BCUT2D eigenvalue weighted by Gasteiger charge is 2.14. The van der Waals surface area contributed by atoms with E-state index in [0.29, 0.717) is 0 Å². The van der Waals surface area contributed by atoms with Crippen molar-refractivity contribution in [1.82, 2.24) is 4.90 Å². The van der Waals surface area contributed by atoms with E-state index >= 15 is 0 Å². The van der Waals surface area contributed by atoms with E-state index in [1.165, 1.54) is 24.1 Å².